The standard InChI is InChI=1S/C15H19N3O2S/c1-18-8-2-4-11(18)6-7-16-15(19)12-10-13(20-17-12)14-5-3-9-21-14/h3,5,9-11H,2,4,6-8H2,1H3,(H,16,19). The Morgan fingerprint density at radius 1 is 1.62 bits per heavy atom. The van der Waals surface area contributed by atoms with Gasteiger partial charge in [-0.15, -0.1) is 11.3 Å². The number of amides is 1. The Kier molecular flexibility index (Phi) is 4.36. The van der Waals surface area contributed by atoms with Gasteiger partial charge in [0.25, 0.3) is 5.91 Å². The number of carbonyl (C=O) groups is 1. The molecule has 1 aliphatic heterocycles. The van der Waals surface area contributed by atoms with Crippen LogP contribution in [0.15, 0.2) is 28.1 Å². The van der Waals surface area contributed by atoms with Gasteiger partial charge in [0, 0.05) is 18.7 Å². The Morgan fingerprint density at radius 3 is 3.24 bits per heavy atom. The van der Waals surface area contributed by atoms with Crippen LogP contribution in [-0.2, 0) is 0 Å². The van der Waals surface area contributed by atoms with Crippen LogP contribution >= 0.6 is 11.3 Å². The number of nitrogens with zero attached hydrogens (tertiary/aromatic N) is 2. The molecule has 0 bridgehead atoms. The average molecular weight is 305 g/mol. The minimum Gasteiger partial charge on any atom is -0.355 e. The zero-order chi connectivity index (χ0) is 14.7. The van der Waals surface area contributed by atoms with Crippen molar-refractivity contribution in [3.05, 3.63) is 29.3 Å². The summed E-state index contributed by atoms with van der Waals surface area (Å²) in [6, 6.07) is 6.18. The molecule has 1 aliphatic rings. The van der Waals surface area contributed by atoms with Gasteiger partial charge in [-0.25, -0.2) is 0 Å². The molecule has 1 saturated heterocycles. The number of aromatic nitrogens is 1. The molecule has 6 heteroatoms. The van der Waals surface area contributed by atoms with Crippen LogP contribution in [0.4, 0.5) is 0 Å². The van der Waals surface area contributed by atoms with Crippen molar-refractivity contribution < 1.29 is 9.32 Å². The quantitative estimate of drug-likeness (QED) is 0.922. The van der Waals surface area contributed by atoms with Crippen molar-refractivity contribution in [2.24, 2.45) is 0 Å². The zero-order valence-corrected chi connectivity index (χ0v) is 12.9. The van der Waals surface area contributed by atoms with E-state index < -0.39 is 0 Å². The van der Waals surface area contributed by atoms with E-state index >= 15 is 0 Å². The van der Waals surface area contributed by atoms with Crippen molar-refractivity contribution in [3.8, 4) is 10.6 Å². The van der Waals surface area contributed by atoms with E-state index in [9.17, 15) is 4.79 Å². The van der Waals surface area contributed by atoms with E-state index in [0.29, 0.717) is 24.0 Å². The van der Waals surface area contributed by atoms with Gasteiger partial charge in [0.15, 0.2) is 11.5 Å². The molecule has 2 aromatic rings. The molecule has 1 unspecified atom stereocenters. The highest BCUT2D eigenvalue weighted by molar-refractivity contribution is 7.13. The monoisotopic (exact) mass is 305 g/mol. The number of hydrogen-bond acceptors (Lipinski definition) is 5. The van der Waals surface area contributed by atoms with Crippen LogP contribution in [0.3, 0.4) is 0 Å². The summed E-state index contributed by atoms with van der Waals surface area (Å²) < 4.78 is 5.22. The number of carbonyl (C=O) groups excluding carboxylic acids is 1. The maximum atomic E-state index is 12.0. The number of thiophene rings is 1. The lowest BCUT2D eigenvalue weighted by molar-refractivity contribution is 0.0941. The summed E-state index contributed by atoms with van der Waals surface area (Å²) >= 11 is 1.56. The second-order valence-electron chi connectivity index (χ2n) is 5.37. The molecule has 1 amide bonds. The van der Waals surface area contributed by atoms with Gasteiger partial charge in [0.1, 0.15) is 0 Å². The zero-order valence-electron chi connectivity index (χ0n) is 12.0. The van der Waals surface area contributed by atoms with Crippen LogP contribution in [-0.4, -0.2) is 42.1 Å². The van der Waals surface area contributed by atoms with E-state index in [2.05, 4.69) is 22.4 Å². The summed E-state index contributed by atoms with van der Waals surface area (Å²) in [6.45, 7) is 1.83. The Labute approximate surface area is 127 Å². The SMILES string of the molecule is CN1CCCC1CCNC(=O)c1cc(-c2cccs2)on1. The van der Waals surface area contributed by atoms with Gasteiger partial charge in [-0.2, -0.15) is 0 Å². The van der Waals surface area contributed by atoms with Gasteiger partial charge >= 0.3 is 0 Å². The van der Waals surface area contributed by atoms with Crippen LogP contribution in [0.25, 0.3) is 10.6 Å². The van der Waals surface area contributed by atoms with E-state index in [1.54, 1.807) is 17.4 Å². The lowest BCUT2D eigenvalue weighted by Crippen LogP contribution is -2.31. The van der Waals surface area contributed by atoms with E-state index in [1.807, 2.05) is 17.5 Å². The molecule has 1 fully saturated rings. The van der Waals surface area contributed by atoms with E-state index in [1.165, 1.54) is 12.8 Å². The molecule has 1 atom stereocenters. The summed E-state index contributed by atoms with van der Waals surface area (Å²) in [7, 11) is 2.14. The minimum absolute atomic E-state index is 0.165. The maximum Gasteiger partial charge on any atom is 0.273 e. The van der Waals surface area contributed by atoms with Gasteiger partial charge in [-0.05, 0) is 44.3 Å². The molecule has 1 N–H and O–H groups in total. The predicted molar refractivity (Wildman–Crippen MR) is 82.4 cm³/mol. The number of nitrogens with one attached hydrogen (secondary N) is 1. The highest BCUT2D eigenvalue weighted by Crippen LogP contribution is 2.25. The molecule has 0 saturated carbocycles. The molecular formula is C15H19N3O2S. The van der Waals surface area contributed by atoms with Gasteiger partial charge < -0.3 is 14.7 Å². The summed E-state index contributed by atoms with van der Waals surface area (Å²) in [4.78, 5) is 15.4. The number of rotatable bonds is 5. The summed E-state index contributed by atoms with van der Waals surface area (Å²) in [5.41, 5.74) is 0.346. The van der Waals surface area contributed by atoms with E-state index in [4.69, 9.17) is 4.52 Å². The highest BCUT2D eigenvalue weighted by atomic mass is 32.1. The Balaban J connectivity index is 1.51. The second kappa shape index (κ2) is 6.41. The normalized spacial score (nSPS) is 19.0. The summed E-state index contributed by atoms with van der Waals surface area (Å²) in [6.07, 6.45) is 3.46. The first kappa shape index (κ1) is 14.3. The third kappa shape index (κ3) is 3.33. The third-order valence-corrected chi connectivity index (χ3v) is 4.83. The van der Waals surface area contributed by atoms with Crippen molar-refractivity contribution in [2.45, 2.75) is 25.3 Å². The van der Waals surface area contributed by atoms with Crippen molar-refractivity contribution in [2.75, 3.05) is 20.1 Å². The Bertz CT molecular complexity index is 594. The van der Waals surface area contributed by atoms with E-state index in [-0.39, 0.29) is 5.91 Å². The smallest absolute Gasteiger partial charge is 0.273 e. The predicted octanol–water partition coefficient (Wildman–Crippen LogP) is 2.62. The molecule has 0 aliphatic carbocycles. The van der Waals surface area contributed by atoms with E-state index in [0.717, 1.165) is 17.8 Å². The molecule has 3 heterocycles. The number of likely N-dealkylation sites (tertiary alicyclic amines) is 1. The Morgan fingerprint density at radius 2 is 2.52 bits per heavy atom. The molecule has 112 valence electrons. The van der Waals surface area contributed by atoms with Crippen LogP contribution < -0.4 is 5.32 Å². The third-order valence-electron chi connectivity index (χ3n) is 3.94. The summed E-state index contributed by atoms with van der Waals surface area (Å²) in [5.74, 6) is 0.480. The molecule has 21 heavy (non-hydrogen) atoms. The maximum absolute atomic E-state index is 12.0. The molecule has 0 aromatic carbocycles. The first-order valence-electron chi connectivity index (χ1n) is 7.23. The topological polar surface area (TPSA) is 58.4 Å². The lowest BCUT2D eigenvalue weighted by atomic mass is 10.1. The molecule has 0 spiro atoms. The van der Waals surface area contributed by atoms with Crippen molar-refractivity contribution in [1.82, 2.24) is 15.4 Å². The fourth-order valence-corrected chi connectivity index (χ4v) is 3.38. The fraction of sp³-hybridized carbons (Fsp3) is 0.467. The van der Waals surface area contributed by atoms with Crippen molar-refractivity contribution in [1.29, 1.82) is 0 Å². The molecule has 2 aromatic heterocycles. The van der Waals surface area contributed by atoms with Gasteiger partial charge in [-0.1, -0.05) is 11.2 Å². The molecule has 3 rings (SSSR count). The van der Waals surface area contributed by atoms with Crippen LogP contribution in [0.5, 0.6) is 0 Å². The summed E-state index contributed by atoms with van der Waals surface area (Å²) in [5, 5.41) is 8.73. The molecular weight excluding hydrogens is 286 g/mol. The van der Waals surface area contributed by atoms with Gasteiger partial charge in [0.2, 0.25) is 0 Å². The van der Waals surface area contributed by atoms with Crippen molar-refractivity contribution in [3.63, 3.8) is 0 Å². The van der Waals surface area contributed by atoms with Gasteiger partial charge in [0.05, 0.1) is 4.88 Å². The van der Waals surface area contributed by atoms with Crippen LogP contribution in [0.1, 0.15) is 29.8 Å². The lowest BCUT2D eigenvalue weighted by Gasteiger charge is -2.18. The second-order valence-corrected chi connectivity index (χ2v) is 6.32. The van der Waals surface area contributed by atoms with Gasteiger partial charge in [-0.3, -0.25) is 4.79 Å². The number of hydrogen-bond donors (Lipinski definition) is 1. The molecule has 5 nitrogen and oxygen atoms in total. The molecule has 0 radical (unpaired) electrons. The first-order valence-corrected chi connectivity index (χ1v) is 8.11. The fourth-order valence-electron chi connectivity index (χ4n) is 2.70. The van der Waals surface area contributed by atoms with Crippen molar-refractivity contribution >= 4 is 17.2 Å². The largest absolute Gasteiger partial charge is 0.355 e. The van der Waals surface area contributed by atoms with Crippen LogP contribution in [0, 0.1) is 0 Å². The first-order chi connectivity index (χ1) is 10.2. The average Bonchev–Trinajstić information content (AvgIpc) is 3.19. The highest BCUT2D eigenvalue weighted by Gasteiger charge is 2.21. The minimum atomic E-state index is -0.165. The Hall–Kier alpha value is -1.66. The van der Waals surface area contributed by atoms with Crippen LogP contribution in [0.2, 0.25) is 0 Å².